The number of amides is 1. The van der Waals surface area contributed by atoms with E-state index >= 15 is 0 Å². The van der Waals surface area contributed by atoms with Gasteiger partial charge in [-0.25, -0.2) is 0 Å². The van der Waals surface area contributed by atoms with Crippen molar-refractivity contribution in [3.05, 3.63) is 30.1 Å². The number of hydrogen-bond acceptors (Lipinski definition) is 3. The summed E-state index contributed by atoms with van der Waals surface area (Å²) in [7, 11) is 0. The number of hydrogen-bond donors (Lipinski definition) is 2. The molecule has 0 aromatic carbocycles. The van der Waals surface area contributed by atoms with Crippen LogP contribution in [0.5, 0.6) is 0 Å². The molecule has 5 nitrogen and oxygen atoms in total. The van der Waals surface area contributed by atoms with E-state index in [9.17, 15) is 9.59 Å². The first kappa shape index (κ1) is 11.6. The van der Waals surface area contributed by atoms with Gasteiger partial charge in [0.15, 0.2) is 0 Å². The Bertz CT molecular complexity index is 419. The standard InChI is InChI=1S/C12H14N2O3/c15-11(8-3-5-13-6-4-8)14-10-2-1-9(7-10)12(16)17/h3-6,9-10H,1-2,7H2,(H,14,15)(H,16,17)/t9-,10-/m1/s1. The molecule has 0 bridgehead atoms. The van der Waals surface area contributed by atoms with Gasteiger partial charge in [-0.05, 0) is 31.4 Å². The summed E-state index contributed by atoms with van der Waals surface area (Å²) in [6, 6.07) is 3.24. The number of carboxylic acid groups (broad SMARTS) is 1. The maximum atomic E-state index is 11.8. The lowest BCUT2D eigenvalue weighted by Crippen LogP contribution is -2.33. The van der Waals surface area contributed by atoms with Crippen LogP contribution < -0.4 is 5.32 Å². The molecule has 0 aliphatic heterocycles. The lowest BCUT2D eigenvalue weighted by molar-refractivity contribution is -0.141. The van der Waals surface area contributed by atoms with Gasteiger partial charge >= 0.3 is 5.97 Å². The highest BCUT2D eigenvalue weighted by molar-refractivity contribution is 5.94. The van der Waals surface area contributed by atoms with E-state index in [-0.39, 0.29) is 17.9 Å². The first-order valence-electron chi connectivity index (χ1n) is 5.60. The normalized spacial score (nSPS) is 23.3. The molecule has 1 aromatic heterocycles. The molecule has 1 heterocycles. The zero-order chi connectivity index (χ0) is 12.3. The van der Waals surface area contributed by atoms with Crippen molar-refractivity contribution in [2.75, 3.05) is 0 Å². The van der Waals surface area contributed by atoms with Crippen molar-refractivity contribution in [2.45, 2.75) is 25.3 Å². The van der Waals surface area contributed by atoms with Gasteiger partial charge in [0.25, 0.3) is 5.91 Å². The fourth-order valence-corrected chi connectivity index (χ4v) is 2.11. The molecular weight excluding hydrogens is 220 g/mol. The minimum Gasteiger partial charge on any atom is -0.481 e. The van der Waals surface area contributed by atoms with E-state index in [0.29, 0.717) is 18.4 Å². The molecule has 0 saturated heterocycles. The van der Waals surface area contributed by atoms with E-state index in [2.05, 4.69) is 10.3 Å². The highest BCUT2D eigenvalue weighted by Gasteiger charge is 2.30. The minimum absolute atomic E-state index is 0.0308. The number of aliphatic carboxylic acids is 1. The third kappa shape index (κ3) is 2.81. The van der Waals surface area contributed by atoms with Gasteiger partial charge in [0.1, 0.15) is 0 Å². The van der Waals surface area contributed by atoms with E-state index < -0.39 is 5.97 Å². The molecular formula is C12H14N2O3. The van der Waals surface area contributed by atoms with Crippen LogP contribution in [0.1, 0.15) is 29.6 Å². The van der Waals surface area contributed by atoms with Crippen molar-refractivity contribution in [3.63, 3.8) is 0 Å². The van der Waals surface area contributed by atoms with Crippen molar-refractivity contribution >= 4 is 11.9 Å². The number of pyridine rings is 1. The summed E-state index contributed by atoms with van der Waals surface area (Å²) in [4.78, 5) is 26.4. The molecule has 1 saturated carbocycles. The van der Waals surface area contributed by atoms with Crippen molar-refractivity contribution in [1.29, 1.82) is 0 Å². The fourth-order valence-electron chi connectivity index (χ4n) is 2.11. The zero-order valence-corrected chi connectivity index (χ0v) is 9.30. The SMILES string of the molecule is O=C(N[C@@H]1CC[C@@H](C(=O)O)C1)c1ccncc1. The van der Waals surface area contributed by atoms with Gasteiger partial charge in [-0.15, -0.1) is 0 Å². The Balaban J connectivity index is 1.91. The van der Waals surface area contributed by atoms with Crippen LogP contribution in [-0.2, 0) is 4.79 Å². The van der Waals surface area contributed by atoms with Gasteiger partial charge in [-0.2, -0.15) is 0 Å². The van der Waals surface area contributed by atoms with Gasteiger partial charge in [0, 0.05) is 24.0 Å². The van der Waals surface area contributed by atoms with Crippen LogP contribution in [-0.4, -0.2) is 28.0 Å². The van der Waals surface area contributed by atoms with Gasteiger partial charge < -0.3 is 10.4 Å². The highest BCUT2D eigenvalue weighted by atomic mass is 16.4. The Morgan fingerprint density at radius 2 is 2.00 bits per heavy atom. The number of aromatic nitrogens is 1. The van der Waals surface area contributed by atoms with Gasteiger partial charge in [-0.1, -0.05) is 0 Å². The third-order valence-corrected chi connectivity index (χ3v) is 3.06. The second-order valence-corrected chi connectivity index (χ2v) is 4.25. The van der Waals surface area contributed by atoms with Crippen LogP contribution in [0.15, 0.2) is 24.5 Å². The minimum atomic E-state index is -0.773. The summed E-state index contributed by atoms with van der Waals surface area (Å²) in [5.74, 6) is -1.26. The fraction of sp³-hybridized carbons (Fsp3) is 0.417. The van der Waals surface area contributed by atoms with Crippen molar-refractivity contribution < 1.29 is 14.7 Å². The first-order valence-corrected chi connectivity index (χ1v) is 5.60. The van der Waals surface area contributed by atoms with Gasteiger partial charge in [0.2, 0.25) is 0 Å². The summed E-state index contributed by atoms with van der Waals surface area (Å²) < 4.78 is 0. The molecule has 0 unspecified atom stereocenters. The topological polar surface area (TPSA) is 79.3 Å². The van der Waals surface area contributed by atoms with Gasteiger partial charge in [0.05, 0.1) is 5.92 Å². The second-order valence-electron chi connectivity index (χ2n) is 4.25. The van der Waals surface area contributed by atoms with Crippen molar-refractivity contribution in [1.82, 2.24) is 10.3 Å². The Hall–Kier alpha value is -1.91. The number of nitrogens with one attached hydrogen (secondary N) is 1. The molecule has 2 N–H and O–H groups in total. The molecule has 2 atom stereocenters. The molecule has 1 amide bonds. The molecule has 2 rings (SSSR count). The molecule has 1 aliphatic rings. The first-order chi connectivity index (χ1) is 8.16. The van der Waals surface area contributed by atoms with Crippen LogP contribution in [0.25, 0.3) is 0 Å². The summed E-state index contributed by atoms with van der Waals surface area (Å²) in [5.41, 5.74) is 0.554. The molecule has 0 radical (unpaired) electrons. The lowest BCUT2D eigenvalue weighted by atomic mass is 10.1. The Kier molecular flexibility index (Phi) is 3.37. The third-order valence-electron chi connectivity index (χ3n) is 3.06. The Morgan fingerprint density at radius 1 is 1.29 bits per heavy atom. The van der Waals surface area contributed by atoms with E-state index in [1.807, 2.05) is 0 Å². The number of carboxylic acids is 1. The van der Waals surface area contributed by atoms with Crippen LogP contribution in [0.3, 0.4) is 0 Å². The van der Waals surface area contributed by atoms with Crippen molar-refractivity contribution in [2.24, 2.45) is 5.92 Å². The van der Waals surface area contributed by atoms with E-state index in [1.54, 1.807) is 24.5 Å². The summed E-state index contributed by atoms with van der Waals surface area (Å²) in [6.07, 6.45) is 5.00. The highest BCUT2D eigenvalue weighted by Crippen LogP contribution is 2.25. The van der Waals surface area contributed by atoms with Crippen molar-refractivity contribution in [3.8, 4) is 0 Å². The molecule has 17 heavy (non-hydrogen) atoms. The zero-order valence-electron chi connectivity index (χ0n) is 9.30. The average molecular weight is 234 g/mol. The smallest absolute Gasteiger partial charge is 0.306 e. The number of nitrogens with zero attached hydrogens (tertiary/aromatic N) is 1. The Morgan fingerprint density at radius 3 is 2.59 bits per heavy atom. The lowest BCUT2D eigenvalue weighted by Gasteiger charge is -2.12. The largest absolute Gasteiger partial charge is 0.481 e. The average Bonchev–Trinajstić information content (AvgIpc) is 2.79. The van der Waals surface area contributed by atoms with Crippen LogP contribution in [0.2, 0.25) is 0 Å². The molecule has 5 heteroatoms. The van der Waals surface area contributed by atoms with Gasteiger partial charge in [-0.3, -0.25) is 14.6 Å². The Labute approximate surface area is 98.9 Å². The quantitative estimate of drug-likeness (QED) is 0.819. The molecule has 0 spiro atoms. The maximum absolute atomic E-state index is 11.8. The summed E-state index contributed by atoms with van der Waals surface area (Å²) in [5, 5.41) is 11.7. The summed E-state index contributed by atoms with van der Waals surface area (Å²) in [6.45, 7) is 0. The van der Waals surface area contributed by atoms with E-state index in [4.69, 9.17) is 5.11 Å². The number of carbonyl (C=O) groups excluding carboxylic acids is 1. The van der Waals surface area contributed by atoms with E-state index in [1.165, 1.54) is 0 Å². The molecule has 1 fully saturated rings. The summed E-state index contributed by atoms with van der Waals surface area (Å²) >= 11 is 0. The monoisotopic (exact) mass is 234 g/mol. The molecule has 1 aromatic rings. The predicted molar refractivity (Wildman–Crippen MR) is 60.5 cm³/mol. The second kappa shape index (κ2) is 4.95. The predicted octanol–water partition coefficient (Wildman–Crippen LogP) is 1.06. The molecule has 90 valence electrons. The van der Waals surface area contributed by atoms with Crippen LogP contribution >= 0.6 is 0 Å². The number of carbonyl (C=O) groups is 2. The van der Waals surface area contributed by atoms with Crippen LogP contribution in [0.4, 0.5) is 0 Å². The van der Waals surface area contributed by atoms with Crippen LogP contribution in [0, 0.1) is 5.92 Å². The maximum Gasteiger partial charge on any atom is 0.306 e. The number of rotatable bonds is 3. The van der Waals surface area contributed by atoms with E-state index in [0.717, 1.165) is 6.42 Å². The molecule has 1 aliphatic carbocycles.